The fourth-order valence-electron chi connectivity index (χ4n) is 4.75. The molecule has 1 N–H and O–H groups in total. The van der Waals surface area contributed by atoms with Gasteiger partial charge in [0.05, 0.1) is 40.0 Å². The number of likely N-dealkylation sites (N-methyl/N-ethyl adjacent to an activating group) is 1. The van der Waals surface area contributed by atoms with Crippen LogP contribution in [0, 0.1) is 13.8 Å². The van der Waals surface area contributed by atoms with Gasteiger partial charge in [0.25, 0.3) is 5.91 Å². The smallest absolute Gasteiger partial charge is 0.254 e. The number of nitrogens with zero attached hydrogens (tertiary/aromatic N) is 6. The first-order valence-electron chi connectivity index (χ1n) is 13.3. The number of benzene rings is 1. The summed E-state index contributed by atoms with van der Waals surface area (Å²) >= 11 is 0. The van der Waals surface area contributed by atoms with Gasteiger partial charge in [-0.3, -0.25) is 9.48 Å². The maximum Gasteiger partial charge on any atom is 0.254 e. The lowest BCUT2D eigenvalue weighted by Crippen LogP contribution is -2.27. The number of pyridine rings is 2. The highest BCUT2D eigenvalue weighted by molar-refractivity contribution is 6.07. The number of aromatic nitrogens is 4. The summed E-state index contributed by atoms with van der Waals surface area (Å²) in [5, 5.41) is 8.80. The Morgan fingerprint density at radius 3 is 2.47 bits per heavy atom. The molecule has 4 aromatic rings. The molecule has 3 heterocycles. The van der Waals surface area contributed by atoms with Crippen LogP contribution >= 0.6 is 0 Å². The minimum atomic E-state index is -0.0470. The van der Waals surface area contributed by atoms with Gasteiger partial charge in [-0.15, -0.1) is 0 Å². The number of aryl methyl sites for hydroxylation is 3. The zero-order valence-corrected chi connectivity index (χ0v) is 23.7. The van der Waals surface area contributed by atoms with Crippen molar-refractivity contribution < 1.29 is 4.79 Å². The first-order chi connectivity index (χ1) is 18.2. The molecule has 0 atom stereocenters. The number of hydrogen-bond donors (Lipinski definition) is 1. The van der Waals surface area contributed by atoms with Crippen LogP contribution in [0.5, 0.6) is 0 Å². The molecule has 0 unspecified atom stereocenters. The third kappa shape index (κ3) is 5.86. The Labute approximate surface area is 225 Å². The molecular weight excluding hydrogens is 474 g/mol. The van der Waals surface area contributed by atoms with E-state index in [0.717, 1.165) is 65.2 Å². The van der Waals surface area contributed by atoms with Crippen LogP contribution in [0.4, 0.5) is 5.69 Å². The van der Waals surface area contributed by atoms with E-state index in [9.17, 15) is 4.79 Å². The van der Waals surface area contributed by atoms with Crippen molar-refractivity contribution in [2.24, 2.45) is 0 Å². The van der Waals surface area contributed by atoms with E-state index in [1.165, 1.54) is 5.69 Å². The van der Waals surface area contributed by atoms with Crippen molar-refractivity contribution >= 4 is 22.5 Å². The van der Waals surface area contributed by atoms with E-state index in [4.69, 9.17) is 9.97 Å². The van der Waals surface area contributed by atoms with Gasteiger partial charge in [-0.05, 0) is 71.6 Å². The number of carbonyl (C=O) groups is 1. The van der Waals surface area contributed by atoms with Gasteiger partial charge in [-0.2, -0.15) is 5.10 Å². The van der Waals surface area contributed by atoms with Crippen LogP contribution in [0.3, 0.4) is 0 Å². The van der Waals surface area contributed by atoms with Crippen LogP contribution in [0.2, 0.25) is 0 Å². The van der Waals surface area contributed by atoms with E-state index < -0.39 is 0 Å². The largest absolute Gasteiger partial charge is 0.382 e. The predicted molar refractivity (Wildman–Crippen MR) is 155 cm³/mol. The molecule has 0 spiro atoms. The second-order valence-electron chi connectivity index (χ2n) is 10.1. The number of amides is 1. The fraction of sp³-hybridized carbons (Fsp3) is 0.400. The highest BCUT2D eigenvalue weighted by atomic mass is 16.2. The monoisotopic (exact) mass is 513 g/mol. The Morgan fingerprint density at radius 1 is 1.00 bits per heavy atom. The van der Waals surface area contributed by atoms with Crippen molar-refractivity contribution in [3.05, 3.63) is 70.7 Å². The summed E-state index contributed by atoms with van der Waals surface area (Å²) in [4.78, 5) is 27.5. The topological polar surface area (TPSA) is 79.2 Å². The van der Waals surface area contributed by atoms with Crippen molar-refractivity contribution in [3.8, 4) is 11.4 Å². The standard InChI is InChI=1S/C30H39N7O/c1-8-29-22(18-32-37(29)9-2)19-36(7)30(38)24-17-28(34-26-11-10-20(3)16-23(24)26)27-13-12-25(21(4)33-27)31-14-15-35(5)6/h10-13,16-18,31H,8-9,14-15,19H2,1-7H3. The quantitative estimate of drug-likeness (QED) is 0.324. The van der Waals surface area contributed by atoms with E-state index >= 15 is 0 Å². The maximum atomic E-state index is 13.9. The van der Waals surface area contributed by atoms with Gasteiger partial charge in [-0.1, -0.05) is 18.6 Å². The van der Waals surface area contributed by atoms with E-state index in [-0.39, 0.29) is 5.91 Å². The van der Waals surface area contributed by atoms with E-state index in [1.807, 2.05) is 68.2 Å². The van der Waals surface area contributed by atoms with Crippen LogP contribution in [0.1, 0.15) is 46.7 Å². The lowest BCUT2D eigenvalue weighted by Gasteiger charge is -2.19. The normalized spacial score (nSPS) is 11.4. The molecule has 0 aliphatic heterocycles. The second kappa shape index (κ2) is 11.7. The Bertz CT molecular complexity index is 1440. The highest BCUT2D eigenvalue weighted by Crippen LogP contribution is 2.28. The number of hydrogen-bond acceptors (Lipinski definition) is 6. The fourth-order valence-corrected chi connectivity index (χ4v) is 4.75. The van der Waals surface area contributed by atoms with Gasteiger partial charge >= 0.3 is 0 Å². The zero-order chi connectivity index (χ0) is 27.4. The number of rotatable bonds is 10. The maximum absolute atomic E-state index is 13.9. The minimum Gasteiger partial charge on any atom is -0.382 e. The minimum absolute atomic E-state index is 0.0470. The van der Waals surface area contributed by atoms with Crippen molar-refractivity contribution in [3.63, 3.8) is 0 Å². The summed E-state index contributed by atoms with van der Waals surface area (Å²) in [7, 11) is 5.96. The van der Waals surface area contributed by atoms with Crippen LogP contribution < -0.4 is 5.32 Å². The average molecular weight is 514 g/mol. The van der Waals surface area contributed by atoms with Gasteiger partial charge in [0.1, 0.15) is 0 Å². The molecule has 200 valence electrons. The Kier molecular flexibility index (Phi) is 8.42. The number of fused-ring (bicyclic) bond motifs is 1. The third-order valence-corrected chi connectivity index (χ3v) is 6.84. The van der Waals surface area contributed by atoms with Gasteiger partial charge in [-0.25, -0.2) is 9.97 Å². The molecular formula is C30H39N7O. The van der Waals surface area contributed by atoms with Gasteiger partial charge in [0.15, 0.2) is 0 Å². The summed E-state index contributed by atoms with van der Waals surface area (Å²) in [5.41, 5.74) is 8.08. The lowest BCUT2D eigenvalue weighted by atomic mass is 10.0. The van der Waals surface area contributed by atoms with E-state index in [1.54, 1.807) is 4.90 Å². The summed E-state index contributed by atoms with van der Waals surface area (Å²) in [6.45, 7) is 11.3. The van der Waals surface area contributed by atoms with Crippen molar-refractivity contribution in [2.45, 2.75) is 47.2 Å². The van der Waals surface area contributed by atoms with E-state index in [0.29, 0.717) is 17.8 Å². The van der Waals surface area contributed by atoms with Gasteiger partial charge in [0, 0.05) is 49.9 Å². The van der Waals surface area contributed by atoms with Crippen LogP contribution in [-0.4, -0.2) is 69.7 Å². The second-order valence-corrected chi connectivity index (χ2v) is 10.1. The van der Waals surface area contributed by atoms with E-state index in [2.05, 4.69) is 43.3 Å². The zero-order valence-electron chi connectivity index (χ0n) is 23.7. The predicted octanol–water partition coefficient (Wildman–Crippen LogP) is 4.94. The number of anilines is 1. The molecule has 8 nitrogen and oxygen atoms in total. The van der Waals surface area contributed by atoms with Crippen molar-refractivity contribution in [1.82, 2.24) is 29.5 Å². The molecule has 0 saturated carbocycles. The number of carbonyl (C=O) groups excluding carboxylic acids is 1. The van der Waals surface area contributed by atoms with Crippen LogP contribution in [-0.2, 0) is 19.5 Å². The summed E-state index contributed by atoms with van der Waals surface area (Å²) in [6.07, 6.45) is 2.75. The SMILES string of the molecule is CCc1c(CN(C)C(=O)c2cc(-c3ccc(NCCN(C)C)c(C)n3)nc3ccc(C)cc23)cnn1CC. The molecule has 0 bridgehead atoms. The molecule has 0 fully saturated rings. The molecule has 38 heavy (non-hydrogen) atoms. The summed E-state index contributed by atoms with van der Waals surface area (Å²) in [5.74, 6) is -0.0470. The van der Waals surface area contributed by atoms with Crippen molar-refractivity contribution in [2.75, 3.05) is 39.5 Å². The third-order valence-electron chi connectivity index (χ3n) is 6.84. The van der Waals surface area contributed by atoms with Crippen LogP contribution in [0.15, 0.2) is 42.6 Å². The molecule has 0 aliphatic carbocycles. The molecule has 0 aliphatic rings. The van der Waals surface area contributed by atoms with Gasteiger partial charge in [0.2, 0.25) is 0 Å². The first-order valence-corrected chi connectivity index (χ1v) is 13.3. The molecule has 3 aromatic heterocycles. The molecule has 1 amide bonds. The lowest BCUT2D eigenvalue weighted by molar-refractivity contribution is 0.0786. The first kappa shape index (κ1) is 27.3. The molecule has 0 saturated heterocycles. The summed E-state index contributed by atoms with van der Waals surface area (Å²) < 4.78 is 2.00. The van der Waals surface area contributed by atoms with Crippen molar-refractivity contribution in [1.29, 1.82) is 0 Å². The Morgan fingerprint density at radius 2 is 1.79 bits per heavy atom. The number of nitrogens with one attached hydrogen (secondary N) is 1. The molecule has 4 rings (SSSR count). The van der Waals surface area contributed by atoms with Gasteiger partial charge < -0.3 is 15.1 Å². The summed E-state index contributed by atoms with van der Waals surface area (Å²) in [6, 6.07) is 11.9. The Hall–Kier alpha value is -3.78. The molecule has 0 radical (unpaired) electrons. The Balaban J connectivity index is 1.69. The molecule has 8 heteroatoms. The highest BCUT2D eigenvalue weighted by Gasteiger charge is 2.20. The average Bonchev–Trinajstić information content (AvgIpc) is 3.29. The molecule has 1 aromatic carbocycles. The van der Waals surface area contributed by atoms with Crippen LogP contribution in [0.25, 0.3) is 22.3 Å².